The van der Waals surface area contributed by atoms with E-state index in [-0.39, 0.29) is 0 Å². The van der Waals surface area contributed by atoms with Crippen LogP contribution in [-0.4, -0.2) is 17.9 Å². The van der Waals surface area contributed by atoms with Crippen LogP contribution in [0.15, 0.2) is 54.6 Å². The molecule has 2 rings (SSSR count). The summed E-state index contributed by atoms with van der Waals surface area (Å²) < 4.78 is 18.2. The number of carbonyl (C=O) groups is 2. The molecule has 6 heteroatoms. The van der Waals surface area contributed by atoms with Gasteiger partial charge in [0, 0.05) is 6.08 Å². The molecule has 0 aliphatic heterocycles. The van der Waals surface area contributed by atoms with Gasteiger partial charge in [-0.05, 0) is 54.8 Å². The summed E-state index contributed by atoms with van der Waals surface area (Å²) in [5.41, 5.74) is 6.67. The lowest BCUT2D eigenvalue weighted by Crippen LogP contribution is -2.46. The molecule has 0 saturated heterocycles. The van der Waals surface area contributed by atoms with Crippen LogP contribution in [0.25, 0.3) is 6.08 Å². The summed E-state index contributed by atoms with van der Waals surface area (Å²) in [6.07, 6.45) is 3.08. The predicted molar refractivity (Wildman–Crippen MR) is 97.6 cm³/mol. The Bertz CT molecular complexity index is 771. The highest BCUT2D eigenvalue weighted by Crippen LogP contribution is 2.12. The summed E-state index contributed by atoms with van der Waals surface area (Å²) in [7, 11) is 0. The fourth-order valence-corrected chi connectivity index (χ4v) is 2.07. The number of benzene rings is 2. The van der Waals surface area contributed by atoms with Crippen LogP contribution >= 0.6 is 0 Å². The molecule has 0 unspecified atom stereocenters. The number of rotatable bonds is 6. The summed E-state index contributed by atoms with van der Waals surface area (Å²) in [6, 6.07) is 13.1. The minimum atomic E-state index is -0.855. The first-order valence-corrected chi connectivity index (χ1v) is 8.27. The summed E-state index contributed by atoms with van der Waals surface area (Å²) >= 11 is 0. The number of ether oxygens (including phenoxy) is 1. The summed E-state index contributed by atoms with van der Waals surface area (Å²) in [6.45, 7) is 3.59. The summed E-state index contributed by atoms with van der Waals surface area (Å²) in [5, 5.41) is 0. The van der Waals surface area contributed by atoms with Gasteiger partial charge in [-0.2, -0.15) is 0 Å². The quantitative estimate of drug-likeness (QED) is 0.618. The highest BCUT2D eigenvalue weighted by atomic mass is 19.1. The molecular formula is C20H21FN2O3. The third-order valence-corrected chi connectivity index (χ3v) is 3.62. The zero-order chi connectivity index (χ0) is 18.9. The lowest BCUT2D eigenvalue weighted by atomic mass is 10.1. The normalized spacial score (nSPS) is 11.8. The van der Waals surface area contributed by atoms with E-state index < -0.39 is 23.7 Å². The smallest absolute Gasteiger partial charge is 0.279 e. The SMILES string of the molecule is CCc1ccc(/C=C/C(=O)NNC(=O)[C@H](C)Oc2ccc(F)cc2)cc1. The van der Waals surface area contributed by atoms with Crippen molar-refractivity contribution in [3.63, 3.8) is 0 Å². The number of hydrazine groups is 1. The predicted octanol–water partition coefficient (Wildman–Crippen LogP) is 3.02. The van der Waals surface area contributed by atoms with Crippen molar-refractivity contribution in [3.8, 4) is 5.75 Å². The molecule has 2 aromatic carbocycles. The molecule has 0 heterocycles. The van der Waals surface area contributed by atoms with Gasteiger partial charge in [0.05, 0.1) is 0 Å². The Balaban J connectivity index is 1.78. The van der Waals surface area contributed by atoms with Crippen LogP contribution in [0.3, 0.4) is 0 Å². The van der Waals surface area contributed by atoms with E-state index in [1.165, 1.54) is 42.8 Å². The molecule has 0 radical (unpaired) electrons. The molecule has 2 aromatic rings. The van der Waals surface area contributed by atoms with Gasteiger partial charge in [-0.3, -0.25) is 20.4 Å². The van der Waals surface area contributed by atoms with Crippen molar-refractivity contribution in [3.05, 3.63) is 71.6 Å². The fraction of sp³-hybridized carbons (Fsp3) is 0.200. The lowest BCUT2D eigenvalue weighted by Gasteiger charge is -2.14. The maximum absolute atomic E-state index is 12.8. The van der Waals surface area contributed by atoms with Gasteiger partial charge in [-0.25, -0.2) is 4.39 Å². The average molecular weight is 356 g/mol. The van der Waals surface area contributed by atoms with Crippen LogP contribution in [0.5, 0.6) is 5.75 Å². The number of hydrogen-bond acceptors (Lipinski definition) is 3. The van der Waals surface area contributed by atoms with E-state index in [4.69, 9.17) is 4.74 Å². The molecule has 0 aliphatic rings. The van der Waals surface area contributed by atoms with Crippen molar-refractivity contribution in [1.29, 1.82) is 0 Å². The van der Waals surface area contributed by atoms with Crippen molar-refractivity contribution in [2.75, 3.05) is 0 Å². The van der Waals surface area contributed by atoms with Crippen LogP contribution in [-0.2, 0) is 16.0 Å². The van der Waals surface area contributed by atoms with Crippen molar-refractivity contribution in [1.82, 2.24) is 10.9 Å². The van der Waals surface area contributed by atoms with Gasteiger partial charge < -0.3 is 4.74 Å². The Morgan fingerprint density at radius 3 is 2.35 bits per heavy atom. The van der Waals surface area contributed by atoms with Gasteiger partial charge in [-0.15, -0.1) is 0 Å². The van der Waals surface area contributed by atoms with E-state index in [1.54, 1.807) is 6.08 Å². The number of carbonyl (C=O) groups excluding carboxylic acids is 2. The molecule has 0 bridgehead atoms. The minimum Gasteiger partial charge on any atom is -0.481 e. The Kier molecular flexibility index (Phi) is 6.91. The highest BCUT2D eigenvalue weighted by molar-refractivity contribution is 5.93. The number of halogens is 1. The van der Waals surface area contributed by atoms with Crippen LogP contribution in [0.1, 0.15) is 25.0 Å². The monoisotopic (exact) mass is 356 g/mol. The van der Waals surface area contributed by atoms with Gasteiger partial charge in [0.15, 0.2) is 6.10 Å². The van der Waals surface area contributed by atoms with Gasteiger partial charge in [0.1, 0.15) is 11.6 Å². The van der Waals surface area contributed by atoms with Gasteiger partial charge >= 0.3 is 0 Å². The zero-order valence-electron chi connectivity index (χ0n) is 14.7. The van der Waals surface area contributed by atoms with Crippen LogP contribution in [0, 0.1) is 5.82 Å². The van der Waals surface area contributed by atoms with Crippen LogP contribution < -0.4 is 15.6 Å². The molecule has 1 atom stereocenters. The average Bonchev–Trinajstić information content (AvgIpc) is 2.66. The van der Waals surface area contributed by atoms with E-state index in [0.29, 0.717) is 5.75 Å². The van der Waals surface area contributed by atoms with Crippen molar-refractivity contribution in [2.45, 2.75) is 26.4 Å². The van der Waals surface area contributed by atoms with E-state index in [1.807, 2.05) is 24.3 Å². The standard InChI is InChI=1S/C20H21FN2O3/c1-3-15-4-6-16(7-5-15)8-13-19(24)22-23-20(25)14(2)26-18-11-9-17(21)10-12-18/h4-14H,3H2,1-2H3,(H,22,24)(H,23,25)/b13-8+/t14-/m0/s1. The van der Waals surface area contributed by atoms with Crippen LogP contribution in [0.4, 0.5) is 4.39 Å². The van der Waals surface area contributed by atoms with E-state index >= 15 is 0 Å². The van der Waals surface area contributed by atoms with Crippen molar-refractivity contribution >= 4 is 17.9 Å². The Morgan fingerprint density at radius 1 is 1.08 bits per heavy atom. The van der Waals surface area contributed by atoms with Gasteiger partial charge in [-0.1, -0.05) is 31.2 Å². The second-order valence-electron chi connectivity index (χ2n) is 5.62. The second-order valence-corrected chi connectivity index (χ2v) is 5.62. The van der Waals surface area contributed by atoms with E-state index in [0.717, 1.165) is 12.0 Å². The second kappa shape index (κ2) is 9.36. The number of hydrogen-bond donors (Lipinski definition) is 2. The summed E-state index contributed by atoms with van der Waals surface area (Å²) in [5.74, 6) is -1.02. The molecule has 26 heavy (non-hydrogen) atoms. The molecule has 136 valence electrons. The van der Waals surface area contributed by atoms with Crippen molar-refractivity contribution in [2.24, 2.45) is 0 Å². The maximum atomic E-state index is 12.8. The summed E-state index contributed by atoms with van der Waals surface area (Å²) in [4.78, 5) is 23.7. The maximum Gasteiger partial charge on any atom is 0.279 e. The largest absolute Gasteiger partial charge is 0.481 e. The van der Waals surface area contributed by atoms with E-state index in [2.05, 4.69) is 17.8 Å². The molecule has 0 saturated carbocycles. The van der Waals surface area contributed by atoms with Crippen LogP contribution in [0.2, 0.25) is 0 Å². The lowest BCUT2D eigenvalue weighted by molar-refractivity contribution is -0.131. The molecule has 0 aliphatic carbocycles. The Labute approximate surface area is 151 Å². The molecule has 0 spiro atoms. The van der Waals surface area contributed by atoms with Gasteiger partial charge in [0.2, 0.25) is 0 Å². The minimum absolute atomic E-state index is 0.357. The first-order chi connectivity index (χ1) is 12.5. The molecular weight excluding hydrogens is 335 g/mol. The first-order valence-electron chi connectivity index (χ1n) is 8.27. The number of nitrogens with one attached hydrogen (secondary N) is 2. The van der Waals surface area contributed by atoms with Crippen molar-refractivity contribution < 1.29 is 18.7 Å². The third kappa shape index (κ3) is 6.05. The molecule has 2 N–H and O–H groups in total. The topological polar surface area (TPSA) is 67.4 Å². The van der Waals surface area contributed by atoms with Gasteiger partial charge in [0.25, 0.3) is 11.8 Å². The number of amides is 2. The highest BCUT2D eigenvalue weighted by Gasteiger charge is 2.14. The molecule has 0 fully saturated rings. The molecule has 2 amide bonds. The Morgan fingerprint density at radius 2 is 1.73 bits per heavy atom. The zero-order valence-corrected chi connectivity index (χ0v) is 14.7. The fourth-order valence-electron chi connectivity index (χ4n) is 2.07. The molecule has 0 aromatic heterocycles. The van der Waals surface area contributed by atoms with E-state index in [9.17, 15) is 14.0 Å². The third-order valence-electron chi connectivity index (χ3n) is 3.62. The Hall–Kier alpha value is -3.15. The number of aryl methyl sites for hydroxylation is 1. The first kappa shape index (κ1) is 19.2. The molecule has 5 nitrogen and oxygen atoms in total.